The van der Waals surface area contributed by atoms with Crippen molar-refractivity contribution in [2.75, 3.05) is 7.11 Å². The molecule has 0 aromatic heterocycles. The predicted molar refractivity (Wildman–Crippen MR) is 128 cm³/mol. The molecular formula is C29H20O. The molecule has 0 saturated heterocycles. The van der Waals surface area contributed by atoms with Crippen molar-refractivity contribution in [1.29, 1.82) is 0 Å². The quantitative estimate of drug-likeness (QED) is 0.282. The summed E-state index contributed by atoms with van der Waals surface area (Å²) < 4.78 is 5.34. The number of hydrogen-bond donors (Lipinski definition) is 0. The third-order valence-electron chi connectivity index (χ3n) is 6.15. The molecule has 0 saturated carbocycles. The highest BCUT2D eigenvalue weighted by molar-refractivity contribution is 6.27. The van der Waals surface area contributed by atoms with Crippen molar-refractivity contribution in [3.63, 3.8) is 0 Å². The molecule has 30 heavy (non-hydrogen) atoms. The summed E-state index contributed by atoms with van der Waals surface area (Å²) in [5.74, 6) is 0.879. The van der Waals surface area contributed by atoms with Crippen molar-refractivity contribution < 1.29 is 4.74 Å². The van der Waals surface area contributed by atoms with Crippen LogP contribution in [0.2, 0.25) is 0 Å². The van der Waals surface area contributed by atoms with Gasteiger partial charge in [-0.25, -0.2) is 0 Å². The summed E-state index contributed by atoms with van der Waals surface area (Å²) in [5, 5.41) is 7.86. The fourth-order valence-electron chi connectivity index (χ4n) is 4.69. The SMILES string of the molecule is COc1ccc(-c2ccc3ccc4c(-c5ccccc5)ccc5ccc2c3c54)cc1. The van der Waals surface area contributed by atoms with Gasteiger partial charge in [-0.05, 0) is 66.7 Å². The van der Waals surface area contributed by atoms with E-state index in [1.165, 1.54) is 54.6 Å². The minimum absolute atomic E-state index is 0.879. The van der Waals surface area contributed by atoms with Crippen LogP contribution >= 0.6 is 0 Å². The Morgan fingerprint density at radius 2 is 0.967 bits per heavy atom. The van der Waals surface area contributed by atoms with Gasteiger partial charge < -0.3 is 4.74 Å². The van der Waals surface area contributed by atoms with Crippen molar-refractivity contribution in [2.24, 2.45) is 0 Å². The van der Waals surface area contributed by atoms with E-state index in [4.69, 9.17) is 4.74 Å². The molecule has 0 aliphatic carbocycles. The smallest absolute Gasteiger partial charge is 0.118 e. The molecule has 0 radical (unpaired) electrons. The van der Waals surface area contributed by atoms with Crippen LogP contribution in [0.15, 0.2) is 103 Å². The van der Waals surface area contributed by atoms with E-state index >= 15 is 0 Å². The van der Waals surface area contributed by atoms with Crippen LogP contribution < -0.4 is 4.74 Å². The van der Waals surface area contributed by atoms with Gasteiger partial charge in [-0.3, -0.25) is 0 Å². The summed E-state index contributed by atoms with van der Waals surface area (Å²) in [6, 6.07) is 37.0. The maximum atomic E-state index is 5.34. The molecular weight excluding hydrogens is 364 g/mol. The Labute approximate surface area is 175 Å². The van der Waals surface area contributed by atoms with Crippen LogP contribution in [-0.4, -0.2) is 7.11 Å². The summed E-state index contributed by atoms with van der Waals surface area (Å²) in [6.07, 6.45) is 0. The highest BCUT2D eigenvalue weighted by Crippen LogP contribution is 2.42. The first kappa shape index (κ1) is 17.1. The van der Waals surface area contributed by atoms with E-state index in [9.17, 15) is 0 Å². The number of methoxy groups -OCH3 is 1. The van der Waals surface area contributed by atoms with Crippen molar-refractivity contribution in [3.05, 3.63) is 103 Å². The first-order chi connectivity index (χ1) is 14.8. The summed E-state index contributed by atoms with van der Waals surface area (Å²) in [5.41, 5.74) is 5.00. The van der Waals surface area contributed by atoms with Gasteiger partial charge in [-0.1, -0.05) is 91.0 Å². The maximum Gasteiger partial charge on any atom is 0.118 e. The number of hydrogen-bond acceptors (Lipinski definition) is 1. The molecule has 6 aromatic carbocycles. The average molecular weight is 384 g/mol. The summed E-state index contributed by atoms with van der Waals surface area (Å²) >= 11 is 0. The molecule has 0 atom stereocenters. The van der Waals surface area contributed by atoms with Gasteiger partial charge in [0.15, 0.2) is 0 Å². The van der Waals surface area contributed by atoms with Crippen LogP contribution in [0.1, 0.15) is 0 Å². The van der Waals surface area contributed by atoms with Crippen LogP contribution in [0.25, 0.3) is 54.6 Å². The van der Waals surface area contributed by atoms with E-state index in [1.807, 2.05) is 12.1 Å². The molecule has 0 aliphatic heterocycles. The first-order valence-corrected chi connectivity index (χ1v) is 10.2. The van der Waals surface area contributed by atoms with Crippen LogP contribution in [-0.2, 0) is 0 Å². The lowest BCUT2D eigenvalue weighted by molar-refractivity contribution is 0.415. The second kappa shape index (κ2) is 6.60. The molecule has 0 aliphatic rings. The van der Waals surface area contributed by atoms with E-state index in [2.05, 4.69) is 91.0 Å². The lowest BCUT2D eigenvalue weighted by Gasteiger charge is -2.16. The van der Waals surface area contributed by atoms with Crippen molar-refractivity contribution in [1.82, 2.24) is 0 Å². The molecule has 142 valence electrons. The van der Waals surface area contributed by atoms with E-state index in [0.717, 1.165) is 5.75 Å². The zero-order valence-electron chi connectivity index (χ0n) is 16.7. The summed E-state index contributed by atoms with van der Waals surface area (Å²) in [7, 11) is 1.70. The van der Waals surface area contributed by atoms with E-state index in [-0.39, 0.29) is 0 Å². The predicted octanol–water partition coefficient (Wildman–Crippen LogP) is 7.93. The molecule has 1 heteroatoms. The molecule has 0 fully saturated rings. The Morgan fingerprint density at radius 3 is 1.50 bits per heavy atom. The maximum absolute atomic E-state index is 5.34. The second-order valence-corrected chi connectivity index (χ2v) is 7.74. The van der Waals surface area contributed by atoms with Crippen LogP contribution in [0.5, 0.6) is 5.75 Å². The Hall–Kier alpha value is -3.84. The zero-order valence-corrected chi connectivity index (χ0v) is 16.7. The Kier molecular flexibility index (Phi) is 3.75. The van der Waals surface area contributed by atoms with Crippen LogP contribution in [0.3, 0.4) is 0 Å². The lowest BCUT2D eigenvalue weighted by Crippen LogP contribution is -1.89. The van der Waals surface area contributed by atoms with Gasteiger partial charge in [-0.15, -0.1) is 0 Å². The van der Waals surface area contributed by atoms with Crippen LogP contribution in [0, 0.1) is 0 Å². The Bertz CT molecular complexity index is 1500. The van der Waals surface area contributed by atoms with Gasteiger partial charge >= 0.3 is 0 Å². The largest absolute Gasteiger partial charge is 0.497 e. The normalized spacial score (nSPS) is 11.5. The molecule has 0 spiro atoms. The lowest BCUT2D eigenvalue weighted by atomic mass is 9.87. The topological polar surface area (TPSA) is 9.23 Å². The summed E-state index contributed by atoms with van der Waals surface area (Å²) in [6.45, 7) is 0. The fourth-order valence-corrected chi connectivity index (χ4v) is 4.69. The monoisotopic (exact) mass is 384 g/mol. The standard InChI is InChI=1S/C29H20O/c1-30-23-13-7-20(8-14-23)25-16-10-22-11-17-26-24(19-5-3-2-4-6-19)15-9-21-12-18-27(25)29(22)28(21)26/h2-18H,1H3. The van der Waals surface area contributed by atoms with E-state index in [0.29, 0.717) is 0 Å². The number of benzene rings is 6. The molecule has 0 amide bonds. The average Bonchev–Trinajstić information content (AvgIpc) is 2.83. The molecule has 1 nitrogen and oxygen atoms in total. The highest BCUT2D eigenvalue weighted by Gasteiger charge is 2.14. The molecule has 0 N–H and O–H groups in total. The molecule has 0 unspecified atom stereocenters. The number of ether oxygens (including phenoxy) is 1. The third-order valence-corrected chi connectivity index (χ3v) is 6.15. The van der Waals surface area contributed by atoms with Crippen molar-refractivity contribution in [2.45, 2.75) is 0 Å². The molecule has 6 rings (SSSR count). The fraction of sp³-hybridized carbons (Fsp3) is 0.0345. The van der Waals surface area contributed by atoms with Gasteiger partial charge in [0, 0.05) is 0 Å². The minimum Gasteiger partial charge on any atom is -0.497 e. The van der Waals surface area contributed by atoms with E-state index in [1.54, 1.807) is 7.11 Å². The minimum atomic E-state index is 0.879. The Balaban J connectivity index is 1.69. The zero-order chi connectivity index (χ0) is 20.1. The van der Waals surface area contributed by atoms with Gasteiger partial charge in [-0.2, -0.15) is 0 Å². The van der Waals surface area contributed by atoms with Crippen molar-refractivity contribution in [3.8, 4) is 28.0 Å². The van der Waals surface area contributed by atoms with Crippen molar-refractivity contribution >= 4 is 32.3 Å². The Morgan fingerprint density at radius 1 is 0.467 bits per heavy atom. The van der Waals surface area contributed by atoms with Gasteiger partial charge in [0.25, 0.3) is 0 Å². The van der Waals surface area contributed by atoms with Gasteiger partial charge in [0.2, 0.25) is 0 Å². The van der Waals surface area contributed by atoms with Gasteiger partial charge in [0.1, 0.15) is 5.75 Å². The van der Waals surface area contributed by atoms with Gasteiger partial charge in [0.05, 0.1) is 7.11 Å². The summed E-state index contributed by atoms with van der Waals surface area (Å²) in [4.78, 5) is 0. The number of rotatable bonds is 3. The molecule has 0 bridgehead atoms. The first-order valence-electron chi connectivity index (χ1n) is 10.2. The van der Waals surface area contributed by atoms with E-state index < -0.39 is 0 Å². The molecule has 0 heterocycles. The third kappa shape index (κ3) is 2.49. The highest BCUT2D eigenvalue weighted by atomic mass is 16.5. The molecule has 6 aromatic rings. The van der Waals surface area contributed by atoms with Crippen LogP contribution in [0.4, 0.5) is 0 Å². The second-order valence-electron chi connectivity index (χ2n) is 7.74.